The first-order valence-corrected chi connectivity index (χ1v) is 13.6. The second-order valence-corrected chi connectivity index (χ2v) is 9.92. The van der Waals surface area contributed by atoms with E-state index < -0.39 is 0 Å². The lowest BCUT2D eigenvalue weighted by Crippen LogP contribution is -2.37. The van der Waals surface area contributed by atoms with E-state index in [-0.39, 0.29) is 0 Å². The number of nitrogens with one attached hydrogen (secondary N) is 1. The summed E-state index contributed by atoms with van der Waals surface area (Å²) in [4.78, 5) is 7.40. The molecule has 0 saturated carbocycles. The molecule has 0 radical (unpaired) electrons. The maximum absolute atomic E-state index is 5.96. The van der Waals surface area contributed by atoms with E-state index in [1.807, 2.05) is 0 Å². The molecule has 0 amide bonds. The molecule has 1 heterocycles. The van der Waals surface area contributed by atoms with Crippen LogP contribution in [0.25, 0.3) is 0 Å². The Morgan fingerprint density at radius 3 is 2.59 bits per heavy atom. The van der Waals surface area contributed by atoms with Crippen molar-refractivity contribution >= 4 is 28.7 Å². The molecule has 0 fully saturated rings. The molecule has 0 saturated heterocycles. The maximum atomic E-state index is 5.96. The summed E-state index contributed by atoms with van der Waals surface area (Å²) in [6.45, 7) is 18.5. The molecule has 34 heavy (non-hydrogen) atoms. The zero-order chi connectivity index (χ0) is 24.5. The number of anilines is 2. The second-order valence-electron chi connectivity index (χ2n) is 9.53. The molecule has 1 aliphatic rings. The molecule has 0 spiro atoms. The van der Waals surface area contributed by atoms with Crippen LogP contribution in [-0.2, 0) is 13.0 Å². The average molecular weight is 481 g/mol. The van der Waals surface area contributed by atoms with Gasteiger partial charge in [-0.3, -0.25) is 0 Å². The van der Waals surface area contributed by atoms with Crippen LogP contribution in [0.2, 0.25) is 0 Å². The number of benzene rings is 2. The van der Waals surface area contributed by atoms with E-state index in [0.717, 1.165) is 56.5 Å². The van der Waals surface area contributed by atoms with Crippen LogP contribution < -0.4 is 10.2 Å². The summed E-state index contributed by atoms with van der Waals surface area (Å²) in [5, 5.41) is 4.38. The quantitative estimate of drug-likeness (QED) is 0.375. The maximum Gasteiger partial charge on any atom is 0.173 e. The van der Waals surface area contributed by atoms with E-state index in [9.17, 15) is 0 Å². The predicted octanol–water partition coefficient (Wildman–Crippen LogP) is 6.40. The van der Waals surface area contributed by atoms with Gasteiger partial charge in [0.2, 0.25) is 0 Å². The summed E-state index contributed by atoms with van der Waals surface area (Å²) in [7, 11) is 0. The first kappa shape index (κ1) is 26.5. The van der Waals surface area contributed by atoms with Crippen molar-refractivity contribution in [1.29, 1.82) is 0 Å². The van der Waals surface area contributed by atoms with Gasteiger partial charge in [0.25, 0.3) is 0 Å². The Labute approximate surface area is 213 Å². The van der Waals surface area contributed by atoms with Gasteiger partial charge in [-0.05, 0) is 106 Å². The molecule has 0 aliphatic carbocycles. The van der Waals surface area contributed by atoms with Crippen molar-refractivity contribution in [3.05, 3.63) is 58.7 Å². The molecule has 0 atom stereocenters. The molecule has 2 aromatic carbocycles. The number of hydrogen-bond donors (Lipinski definition) is 1. The Balaban J connectivity index is 1.76. The Bertz CT molecular complexity index is 938. The lowest BCUT2D eigenvalue weighted by molar-refractivity contribution is 0.281. The molecular formula is C29H44N4S. The molecule has 4 nitrogen and oxygen atoms in total. The van der Waals surface area contributed by atoms with Crippen LogP contribution in [-0.4, -0.2) is 54.2 Å². The molecule has 1 N–H and O–H groups in total. The van der Waals surface area contributed by atoms with Gasteiger partial charge >= 0.3 is 0 Å². The summed E-state index contributed by atoms with van der Waals surface area (Å²) in [6.07, 6.45) is 4.72. The topological polar surface area (TPSA) is 21.8 Å². The SMILES string of the molecule is CCCN1CCCc2cc(CN(CCCN(CC)CC)C(=S)Nc3cccc(C)c3C)ccc21. The number of aryl methyl sites for hydroxylation is 2. The van der Waals surface area contributed by atoms with Gasteiger partial charge in [0, 0.05) is 37.6 Å². The normalized spacial score (nSPS) is 13.2. The van der Waals surface area contributed by atoms with Gasteiger partial charge in [-0.25, -0.2) is 0 Å². The van der Waals surface area contributed by atoms with Crippen molar-refractivity contribution in [1.82, 2.24) is 9.80 Å². The third-order valence-electron chi connectivity index (χ3n) is 7.16. The Kier molecular flexibility index (Phi) is 10.2. The van der Waals surface area contributed by atoms with Gasteiger partial charge < -0.3 is 20.0 Å². The standard InChI is InChI=1S/C29H44N4S/c1-6-17-32-19-10-13-26-21-25(15-16-28(26)32)22-33(20-11-18-31(7-2)8-3)29(34)30-27-14-9-12-23(4)24(27)5/h9,12,14-16,21H,6-8,10-11,13,17-20,22H2,1-5H3,(H,30,34). The zero-order valence-corrected chi connectivity index (χ0v) is 22.8. The first-order valence-electron chi connectivity index (χ1n) is 13.2. The first-order chi connectivity index (χ1) is 16.5. The van der Waals surface area contributed by atoms with Crippen molar-refractivity contribution in [2.24, 2.45) is 0 Å². The van der Waals surface area contributed by atoms with Crippen LogP contribution >= 0.6 is 12.2 Å². The third-order valence-corrected chi connectivity index (χ3v) is 7.52. The minimum atomic E-state index is 0.818. The summed E-state index contributed by atoms with van der Waals surface area (Å²) in [5.74, 6) is 0. The third kappa shape index (κ3) is 6.96. The number of thiocarbonyl (C=S) groups is 1. The zero-order valence-electron chi connectivity index (χ0n) is 22.0. The van der Waals surface area contributed by atoms with Gasteiger partial charge in [-0.2, -0.15) is 0 Å². The minimum Gasteiger partial charge on any atom is -0.371 e. The highest BCUT2D eigenvalue weighted by molar-refractivity contribution is 7.80. The van der Waals surface area contributed by atoms with Crippen LogP contribution in [0.1, 0.15) is 62.3 Å². The lowest BCUT2D eigenvalue weighted by atomic mass is 9.98. The molecule has 5 heteroatoms. The van der Waals surface area contributed by atoms with E-state index in [1.165, 1.54) is 53.7 Å². The fourth-order valence-electron chi connectivity index (χ4n) is 4.91. The van der Waals surface area contributed by atoms with Crippen molar-refractivity contribution in [3.8, 4) is 0 Å². The summed E-state index contributed by atoms with van der Waals surface area (Å²) >= 11 is 5.96. The molecule has 0 bridgehead atoms. The van der Waals surface area contributed by atoms with E-state index in [1.54, 1.807) is 0 Å². The average Bonchev–Trinajstić information content (AvgIpc) is 2.84. The van der Waals surface area contributed by atoms with Gasteiger partial charge in [-0.1, -0.05) is 45.0 Å². The lowest BCUT2D eigenvalue weighted by Gasteiger charge is -2.32. The molecule has 1 aliphatic heterocycles. The Morgan fingerprint density at radius 2 is 1.85 bits per heavy atom. The fourth-order valence-corrected chi connectivity index (χ4v) is 5.17. The molecule has 0 unspecified atom stereocenters. The van der Waals surface area contributed by atoms with E-state index in [4.69, 9.17) is 12.2 Å². The number of hydrogen-bond acceptors (Lipinski definition) is 3. The molecule has 186 valence electrons. The van der Waals surface area contributed by atoms with Crippen molar-refractivity contribution in [2.75, 3.05) is 49.5 Å². The number of rotatable bonds is 11. The smallest absolute Gasteiger partial charge is 0.173 e. The largest absolute Gasteiger partial charge is 0.371 e. The molecular weight excluding hydrogens is 436 g/mol. The van der Waals surface area contributed by atoms with E-state index in [0.29, 0.717) is 0 Å². The summed E-state index contributed by atoms with van der Waals surface area (Å²) in [6, 6.07) is 13.5. The van der Waals surface area contributed by atoms with Gasteiger partial charge in [0.05, 0.1) is 0 Å². The summed E-state index contributed by atoms with van der Waals surface area (Å²) in [5.41, 5.74) is 7.93. The van der Waals surface area contributed by atoms with Crippen LogP contribution in [0.15, 0.2) is 36.4 Å². The fraction of sp³-hybridized carbons (Fsp3) is 0.552. The van der Waals surface area contributed by atoms with Crippen LogP contribution in [0.4, 0.5) is 11.4 Å². The van der Waals surface area contributed by atoms with Gasteiger partial charge in [-0.15, -0.1) is 0 Å². The van der Waals surface area contributed by atoms with Crippen molar-refractivity contribution < 1.29 is 0 Å². The van der Waals surface area contributed by atoms with Crippen molar-refractivity contribution in [3.63, 3.8) is 0 Å². The minimum absolute atomic E-state index is 0.818. The highest BCUT2D eigenvalue weighted by Crippen LogP contribution is 2.29. The Morgan fingerprint density at radius 1 is 1.06 bits per heavy atom. The van der Waals surface area contributed by atoms with Gasteiger partial charge in [0.1, 0.15) is 0 Å². The highest BCUT2D eigenvalue weighted by atomic mass is 32.1. The molecule has 0 aromatic heterocycles. The van der Waals surface area contributed by atoms with Crippen LogP contribution in [0.3, 0.4) is 0 Å². The van der Waals surface area contributed by atoms with Crippen LogP contribution in [0, 0.1) is 13.8 Å². The summed E-state index contributed by atoms with van der Waals surface area (Å²) < 4.78 is 0. The van der Waals surface area contributed by atoms with E-state index in [2.05, 4.69) is 91.0 Å². The highest BCUT2D eigenvalue weighted by Gasteiger charge is 2.18. The van der Waals surface area contributed by atoms with Crippen molar-refractivity contribution in [2.45, 2.75) is 66.8 Å². The monoisotopic (exact) mass is 480 g/mol. The predicted molar refractivity (Wildman–Crippen MR) is 152 cm³/mol. The molecule has 3 rings (SSSR count). The number of fused-ring (bicyclic) bond motifs is 1. The Hall–Kier alpha value is -2.11. The van der Waals surface area contributed by atoms with Crippen LogP contribution in [0.5, 0.6) is 0 Å². The second kappa shape index (κ2) is 13.1. The van der Waals surface area contributed by atoms with E-state index >= 15 is 0 Å². The molecule has 2 aromatic rings. The van der Waals surface area contributed by atoms with Gasteiger partial charge in [0.15, 0.2) is 5.11 Å². The number of nitrogens with zero attached hydrogens (tertiary/aromatic N) is 3.